The first-order chi connectivity index (χ1) is 12.7. The summed E-state index contributed by atoms with van der Waals surface area (Å²) >= 11 is 0. The van der Waals surface area contributed by atoms with E-state index in [1.165, 1.54) is 5.69 Å². The van der Waals surface area contributed by atoms with Crippen LogP contribution in [-0.2, 0) is 0 Å². The van der Waals surface area contributed by atoms with Gasteiger partial charge in [-0.25, -0.2) is 10.4 Å². The van der Waals surface area contributed by atoms with Gasteiger partial charge in [0.1, 0.15) is 6.07 Å². The highest BCUT2D eigenvalue weighted by atomic mass is 16.4. The summed E-state index contributed by atoms with van der Waals surface area (Å²) in [5.41, 5.74) is 5.20. The van der Waals surface area contributed by atoms with Crippen molar-refractivity contribution in [3.05, 3.63) is 41.4 Å². The predicted octanol–water partition coefficient (Wildman–Crippen LogP) is 4.74. The molecule has 0 saturated heterocycles. The maximum Gasteiger partial charge on any atom is 0.252 e. The largest absolute Gasteiger partial charge is 0.422 e. The molecule has 1 heterocycles. The fourth-order valence-electron chi connectivity index (χ4n) is 2.83. The Hall–Kier alpha value is -2.81. The Labute approximate surface area is 155 Å². The van der Waals surface area contributed by atoms with Crippen LogP contribution in [0.4, 0.5) is 11.6 Å². The van der Waals surface area contributed by atoms with Crippen LogP contribution in [0.1, 0.15) is 63.6 Å². The van der Waals surface area contributed by atoms with Gasteiger partial charge in [-0.15, -0.1) is 0 Å². The molecule has 0 radical (unpaired) electrons. The highest BCUT2D eigenvalue weighted by molar-refractivity contribution is 5.80. The first-order valence-electron chi connectivity index (χ1n) is 9.21. The number of nitrogens with one attached hydrogen (secondary N) is 1. The summed E-state index contributed by atoms with van der Waals surface area (Å²) in [5.74, 6) is 1.10. The van der Waals surface area contributed by atoms with Gasteiger partial charge in [-0.3, -0.25) is 0 Å². The summed E-state index contributed by atoms with van der Waals surface area (Å²) in [7, 11) is 0. The fraction of sp³-hybridized carbons (Fsp3) is 0.450. The number of nitriles is 1. The standard InChI is InChI=1S/C20H27N5O/c1-5-16(6-2)19-23-18(13-21)20(26-19)24-22-14-15-9-11-17(12-10-15)25(7-3)8-4/h9-12,14,16,24H,5-8H2,1-4H3/b22-14+. The highest BCUT2D eigenvalue weighted by Gasteiger charge is 2.18. The predicted molar refractivity (Wildman–Crippen MR) is 106 cm³/mol. The smallest absolute Gasteiger partial charge is 0.252 e. The van der Waals surface area contributed by atoms with Crippen LogP contribution in [-0.4, -0.2) is 24.3 Å². The minimum Gasteiger partial charge on any atom is -0.422 e. The quantitative estimate of drug-likeness (QED) is 0.520. The normalized spacial score (nSPS) is 11.1. The molecule has 2 rings (SSSR count). The van der Waals surface area contributed by atoms with Crippen molar-refractivity contribution >= 4 is 17.8 Å². The molecule has 0 unspecified atom stereocenters. The van der Waals surface area contributed by atoms with Crippen LogP contribution in [0.5, 0.6) is 0 Å². The monoisotopic (exact) mass is 353 g/mol. The Morgan fingerprint density at radius 3 is 2.38 bits per heavy atom. The Morgan fingerprint density at radius 2 is 1.85 bits per heavy atom. The number of hydrogen-bond donors (Lipinski definition) is 1. The van der Waals surface area contributed by atoms with Gasteiger partial charge in [-0.1, -0.05) is 26.0 Å². The van der Waals surface area contributed by atoms with Gasteiger partial charge < -0.3 is 9.32 Å². The van der Waals surface area contributed by atoms with Gasteiger partial charge in [0.25, 0.3) is 5.88 Å². The van der Waals surface area contributed by atoms with Crippen LogP contribution in [0.15, 0.2) is 33.8 Å². The van der Waals surface area contributed by atoms with Crippen molar-refractivity contribution in [3.63, 3.8) is 0 Å². The molecule has 0 amide bonds. The number of hydrazone groups is 1. The van der Waals surface area contributed by atoms with E-state index in [0.717, 1.165) is 31.5 Å². The van der Waals surface area contributed by atoms with Crippen LogP contribution < -0.4 is 10.3 Å². The number of rotatable bonds is 9. The minimum absolute atomic E-state index is 0.217. The molecule has 0 aliphatic rings. The molecule has 0 aliphatic carbocycles. The molecule has 138 valence electrons. The number of hydrogen-bond acceptors (Lipinski definition) is 6. The molecule has 0 aliphatic heterocycles. The zero-order valence-corrected chi connectivity index (χ0v) is 16.0. The molecule has 0 fully saturated rings. The van der Waals surface area contributed by atoms with Crippen molar-refractivity contribution in [3.8, 4) is 6.07 Å². The van der Waals surface area contributed by atoms with E-state index in [1.807, 2.05) is 12.1 Å². The number of oxazole rings is 1. The van der Waals surface area contributed by atoms with E-state index >= 15 is 0 Å². The molecule has 0 spiro atoms. The summed E-state index contributed by atoms with van der Waals surface area (Å²) in [4.78, 5) is 6.56. The molecule has 26 heavy (non-hydrogen) atoms. The van der Waals surface area contributed by atoms with E-state index in [9.17, 15) is 5.26 Å². The molecule has 1 N–H and O–H groups in total. The Bertz CT molecular complexity index is 749. The molecule has 1 aromatic heterocycles. The number of nitrogens with zero attached hydrogens (tertiary/aromatic N) is 4. The van der Waals surface area contributed by atoms with E-state index < -0.39 is 0 Å². The third-order valence-corrected chi connectivity index (χ3v) is 4.49. The molecular formula is C20H27N5O. The topological polar surface area (TPSA) is 77.5 Å². The first kappa shape index (κ1) is 19.5. The van der Waals surface area contributed by atoms with Gasteiger partial charge in [0.2, 0.25) is 11.6 Å². The number of aromatic nitrogens is 1. The van der Waals surface area contributed by atoms with Crippen LogP contribution in [0.2, 0.25) is 0 Å². The van der Waals surface area contributed by atoms with Gasteiger partial charge in [0.05, 0.1) is 6.21 Å². The third kappa shape index (κ3) is 4.63. The lowest BCUT2D eigenvalue weighted by atomic mass is 10.0. The maximum absolute atomic E-state index is 9.24. The summed E-state index contributed by atoms with van der Waals surface area (Å²) in [5, 5.41) is 13.4. The van der Waals surface area contributed by atoms with E-state index in [2.05, 4.69) is 66.3 Å². The van der Waals surface area contributed by atoms with Crippen molar-refractivity contribution in [2.24, 2.45) is 5.10 Å². The summed E-state index contributed by atoms with van der Waals surface area (Å²) in [6, 6.07) is 10.2. The second-order valence-electron chi connectivity index (χ2n) is 5.99. The SMILES string of the molecule is CCC(CC)c1nc(C#N)c(N/N=C/c2ccc(N(CC)CC)cc2)o1. The maximum atomic E-state index is 9.24. The molecule has 1 aromatic carbocycles. The second kappa shape index (κ2) is 9.62. The summed E-state index contributed by atoms with van der Waals surface area (Å²) < 4.78 is 5.70. The fourth-order valence-corrected chi connectivity index (χ4v) is 2.83. The molecule has 6 heteroatoms. The average Bonchev–Trinajstić information content (AvgIpc) is 3.08. The van der Waals surface area contributed by atoms with E-state index in [1.54, 1.807) is 6.21 Å². The van der Waals surface area contributed by atoms with Crippen molar-refractivity contribution in [1.82, 2.24) is 4.98 Å². The van der Waals surface area contributed by atoms with E-state index in [0.29, 0.717) is 11.8 Å². The van der Waals surface area contributed by atoms with Gasteiger partial charge >= 0.3 is 0 Å². The zero-order chi connectivity index (χ0) is 18.9. The molecular weight excluding hydrogens is 326 g/mol. The number of benzene rings is 1. The van der Waals surface area contributed by atoms with E-state index in [-0.39, 0.29) is 11.6 Å². The van der Waals surface area contributed by atoms with Crippen LogP contribution in [0, 0.1) is 11.3 Å². The first-order valence-corrected chi connectivity index (χ1v) is 9.21. The summed E-state index contributed by atoms with van der Waals surface area (Å²) in [6.45, 7) is 10.4. The Morgan fingerprint density at radius 1 is 1.19 bits per heavy atom. The van der Waals surface area contributed by atoms with Crippen LogP contribution in [0.3, 0.4) is 0 Å². The van der Waals surface area contributed by atoms with Crippen LogP contribution >= 0.6 is 0 Å². The van der Waals surface area contributed by atoms with Crippen molar-refractivity contribution < 1.29 is 4.42 Å². The average molecular weight is 353 g/mol. The Kier molecular flexibility index (Phi) is 7.22. The molecule has 2 aromatic rings. The molecule has 6 nitrogen and oxygen atoms in total. The lowest BCUT2D eigenvalue weighted by Crippen LogP contribution is -2.21. The van der Waals surface area contributed by atoms with Crippen molar-refractivity contribution in [1.29, 1.82) is 5.26 Å². The van der Waals surface area contributed by atoms with Crippen molar-refractivity contribution in [2.75, 3.05) is 23.4 Å². The number of anilines is 2. The lowest BCUT2D eigenvalue weighted by Gasteiger charge is -2.20. The third-order valence-electron chi connectivity index (χ3n) is 4.49. The van der Waals surface area contributed by atoms with Crippen molar-refractivity contribution in [2.45, 2.75) is 46.5 Å². The Balaban J connectivity index is 2.07. The summed E-state index contributed by atoms with van der Waals surface area (Å²) in [6.07, 6.45) is 3.54. The molecule has 0 bridgehead atoms. The minimum atomic E-state index is 0.217. The van der Waals surface area contributed by atoms with Gasteiger partial charge in [-0.2, -0.15) is 10.4 Å². The van der Waals surface area contributed by atoms with E-state index in [4.69, 9.17) is 4.42 Å². The van der Waals surface area contributed by atoms with Gasteiger partial charge in [0.15, 0.2) is 0 Å². The zero-order valence-electron chi connectivity index (χ0n) is 16.0. The van der Waals surface area contributed by atoms with Gasteiger partial charge in [0, 0.05) is 24.7 Å². The molecule has 0 atom stereocenters. The van der Waals surface area contributed by atoms with Gasteiger partial charge in [-0.05, 0) is 44.4 Å². The second-order valence-corrected chi connectivity index (χ2v) is 5.99. The highest BCUT2D eigenvalue weighted by Crippen LogP contribution is 2.27. The van der Waals surface area contributed by atoms with Crippen LogP contribution in [0.25, 0.3) is 0 Å². The lowest BCUT2D eigenvalue weighted by molar-refractivity contribution is 0.439. The molecule has 0 saturated carbocycles.